The number of likely N-dealkylation sites (tertiary alicyclic amines) is 1. The minimum atomic E-state index is -1.11. The van der Waals surface area contributed by atoms with Crippen molar-refractivity contribution < 1.29 is 29.0 Å². The van der Waals surface area contributed by atoms with Crippen LogP contribution in [-0.2, 0) is 23.9 Å². The summed E-state index contributed by atoms with van der Waals surface area (Å²) in [6, 6.07) is 12.7. The lowest BCUT2D eigenvalue weighted by Gasteiger charge is -2.34. The quantitative estimate of drug-likeness (QED) is 0.278. The number of unbranched alkanes of at least 4 members (excludes halogenated alkanes) is 2. The molecule has 2 aromatic carbocycles. The first-order valence-electron chi connectivity index (χ1n) is 12.6. The number of amides is 2. The second-order valence-corrected chi connectivity index (χ2v) is 11.0. The zero-order chi connectivity index (χ0) is 25.4. The largest absolute Gasteiger partial charge is 0.466 e. The van der Waals surface area contributed by atoms with Gasteiger partial charge in [0.05, 0.1) is 24.5 Å². The zero-order valence-electron chi connectivity index (χ0n) is 20.2. The van der Waals surface area contributed by atoms with Crippen molar-refractivity contribution in [3.05, 3.63) is 42.5 Å². The van der Waals surface area contributed by atoms with Gasteiger partial charge >= 0.3 is 5.97 Å². The number of carbonyl (C=O) groups excluding carboxylic acids is 3. The summed E-state index contributed by atoms with van der Waals surface area (Å²) in [5.74, 6) is -2.54. The minimum absolute atomic E-state index is 0.0768. The summed E-state index contributed by atoms with van der Waals surface area (Å²) in [5, 5.41) is 14.2. The maximum atomic E-state index is 13.9. The molecule has 0 radical (unpaired) electrons. The van der Waals surface area contributed by atoms with Gasteiger partial charge in [-0.25, -0.2) is 0 Å². The first kappa shape index (κ1) is 25.2. The van der Waals surface area contributed by atoms with Gasteiger partial charge < -0.3 is 24.8 Å². The maximum Gasteiger partial charge on any atom is 0.312 e. The van der Waals surface area contributed by atoms with Crippen LogP contribution in [-0.4, -0.2) is 70.1 Å². The van der Waals surface area contributed by atoms with Gasteiger partial charge in [-0.15, -0.1) is 0 Å². The van der Waals surface area contributed by atoms with Gasteiger partial charge in [-0.05, 0) is 55.5 Å². The highest BCUT2D eigenvalue weighted by Crippen LogP contribution is 2.60. The number of alkyl halides is 1. The van der Waals surface area contributed by atoms with Gasteiger partial charge in [0.1, 0.15) is 11.6 Å². The molecule has 9 heteroatoms. The highest BCUT2D eigenvalue weighted by atomic mass is 79.9. The van der Waals surface area contributed by atoms with Crippen LogP contribution in [0.4, 0.5) is 5.69 Å². The summed E-state index contributed by atoms with van der Waals surface area (Å²) < 4.78 is 11.8. The molecular weight excluding hydrogens is 528 g/mol. The fourth-order valence-corrected chi connectivity index (χ4v) is 7.17. The van der Waals surface area contributed by atoms with Crippen LogP contribution in [0, 0.1) is 11.8 Å². The van der Waals surface area contributed by atoms with Crippen LogP contribution in [0.2, 0.25) is 0 Å². The van der Waals surface area contributed by atoms with Gasteiger partial charge in [-0.2, -0.15) is 0 Å². The highest BCUT2D eigenvalue weighted by molar-refractivity contribution is 9.09. The van der Waals surface area contributed by atoms with Crippen LogP contribution >= 0.6 is 15.9 Å². The predicted molar refractivity (Wildman–Crippen MR) is 138 cm³/mol. The molecule has 2 N–H and O–H groups in total. The first-order chi connectivity index (χ1) is 17.4. The second kappa shape index (κ2) is 10.1. The van der Waals surface area contributed by atoms with Crippen LogP contribution in [0.5, 0.6) is 0 Å². The number of nitrogens with one attached hydrogen (secondary N) is 1. The molecule has 3 saturated heterocycles. The van der Waals surface area contributed by atoms with Crippen LogP contribution in [0.15, 0.2) is 42.5 Å². The third kappa shape index (κ3) is 4.11. The number of esters is 1. The van der Waals surface area contributed by atoms with E-state index in [1.807, 2.05) is 42.5 Å². The number of anilines is 1. The Bertz CT molecular complexity index is 1170. The van der Waals surface area contributed by atoms with Gasteiger partial charge in [-0.3, -0.25) is 14.4 Å². The number of carbonyl (C=O) groups is 3. The van der Waals surface area contributed by atoms with E-state index in [9.17, 15) is 14.4 Å². The smallest absolute Gasteiger partial charge is 0.312 e. The van der Waals surface area contributed by atoms with Gasteiger partial charge in [0.25, 0.3) is 0 Å². The molecule has 3 fully saturated rings. The third-order valence-electron chi connectivity index (χ3n) is 7.67. The summed E-state index contributed by atoms with van der Waals surface area (Å²) in [4.78, 5) is 42.0. The molecular formula is C27H31BrN2O6. The van der Waals surface area contributed by atoms with Crippen LogP contribution in [0.25, 0.3) is 10.8 Å². The lowest BCUT2D eigenvalue weighted by atomic mass is 9.70. The van der Waals surface area contributed by atoms with E-state index in [0.717, 1.165) is 17.2 Å². The van der Waals surface area contributed by atoms with Crippen molar-refractivity contribution in [3.8, 4) is 0 Å². The van der Waals surface area contributed by atoms with Crippen molar-refractivity contribution >= 4 is 50.2 Å². The Balaban J connectivity index is 1.47. The Morgan fingerprint density at radius 2 is 1.97 bits per heavy atom. The van der Waals surface area contributed by atoms with E-state index in [1.165, 1.54) is 0 Å². The number of fused-ring (bicyclic) bond motifs is 2. The summed E-state index contributed by atoms with van der Waals surface area (Å²) in [5.41, 5.74) is -0.471. The molecule has 3 aliphatic heterocycles. The monoisotopic (exact) mass is 558 g/mol. The van der Waals surface area contributed by atoms with Gasteiger partial charge in [0.15, 0.2) is 0 Å². The van der Waals surface area contributed by atoms with E-state index < -0.39 is 35.6 Å². The number of aliphatic hydroxyl groups excluding tert-OH is 1. The molecule has 1 unspecified atom stereocenters. The van der Waals surface area contributed by atoms with Crippen molar-refractivity contribution in [2.45, 2.75) is 55.2 Å². The van der Waals surface area contributed by atoms with E-state index >= 15 is 0 Å². The molecule has 1 spiro atoms. The molecule has 8 nitrogen and oxygen atoms in total. The zero-order valence-corrected chi connectivity index (χ0v) is 21.8. The summed E-state index contributed by atoms with van der Waals surface area (Å²) in [7, 11) is 0. The highest BCUT2D eigenvalue weighted by Gasteiger charge is 2.76. The van der Waals surface area contributed by atoms with Crippen LogP contribution < -0.4 is 5.32 Å². The number of benzene rings is 2. The fraction of sp³-hybridized carbons (Fsp3) is 0.519. The topological polar surface area (TPSA) is 105 Å². The van der Waals surface area contributed by atoms with E-state index in [1.54, 1.807) is 11.8 Å². The number of aliphatic hydroxyl groups is 1. The lowest BCUT2D eigenvalue weighted by molar-refractivity contribution is -0.154. The number of hydrogen-bond acceptors (Lipinski definition) is 6. The number of hydrogen-bond donors (Lipinski definition) is 2. The SMILES string of the molecule is CCOC(=O)[C@H]1[C@@H]2O[C@@]3(CC2Br)[C@@H]1C(=O)N(CCCCCO)[C@@H]3C(=O)Nc1ccc2ccccc2c1. The Kier molecular flexibility index (Phi) is 7.07. The standard InChI is InChI=1S/C27H31BrN2O6/c1-2-35-26(34)20-21-25(33)30(12-6-3-7-13-31)23(27(21)15-19(28)22(20)36-27)24(32)29-18-11-10-16-8-4-5-9-17(16)14-18/h4-5,8-11,14,19-23,31H,2-3,6-7,12-13,15H2,1H3,(H,29,32)/t19?,20-,21+,22-,23-,27+/m1/s1. The van der Waals surface area contributed by atoms with Crippen molar-refractivity contribution in [2.24, 2.45) is 11.8 Å². The number of halogens is 1. The molecule has 2 bridgehead atoms. The van der Waals surface area contributed by atoms with Crippen molar-refractivity contribution in [1.82, 2.24) is 4.90 Å². The van der Waals surface area contributed by atoms with E-state index in [-0.39, 0.29) is 29.9 Å². The molecule has 2 amide bonds. The van der Waals surface area contributed by atoms with Crippen molar-refractivity contribution in [1.29, 1.82) is 0 Å². The molecule has 0 aliphatic carbocycles. The minimum Gasteiger partial charge on any atom is -0.466 e. The molecule has 0 aromatic heterocycles. The molecule has 192 valence electrons. The third-order valence-corrected chi connectivity index (χ3v) is 8.52. The first-order valence-corrected chi connectivity index (χ1v) is 13.5. The summed E-state index contributed by atoms with van der Waals surface area (Å²) in [6.07, 6.45) is 1.92. The molecule has 0 saturated carbocycles. The average molecular weight is 559 g/mol. The Labute approximate surface area is 218 Å². The van der Waals surface area contributed by atoms with Gasteiger partial charge in [0, 0.05) is 23.7 Å². The molecule has 3 aliphatic rings. The normalized spacial score (nSPS) is 30.6. The number of nitrogens with zero attached hydrogens (tertiary/aromatic N) is 1. The second-order valence-electron chi connectivity index (χ2n) is 9.78. The Morgan fingerprint density at radius 1 is 1.19 bits per heavy atom. The average Bonchev–Trinajstić information content (AvgIpc) is 3.45. The molecule has 6 atom stereocenters. The predicted octanol–water partition coefficient (Wildman–Crippen LogP) is 3.25. The summed E-state index contributed by atoms with van der Waals surface area (Å²) in [6.45, 7) is 2.37. The van der Waals surface area contributed by atoms with E-state index in [0.29, 0.717) is 31.5 Å². The van der Waals surface area contributed by atoms with Crippen molar-refractivity contribution in [2.75, 3.05) is 25.1 Å². The fourth-order valence-electron chi connectivity index (χ4n) is 6.23. The van der Waals surface area contributed by atoms with E-state index in [4.69, 9.17) is 14.6 Å². The summed E-state index contributed by atoms with van der Waals surface area (Å²) >= 11 is 3.65. The Morgan fingerprint density at radius 3 is 2.72 bits per heavy atom. The Hall–Kier alpha value is -2.49. The van der Waals surface area contributed by atoms with Crippen LogP contribution in [0.1, 0.15) is 32.6 Å². The number of ether oxygens (including phenoxy) is 2. The maximum absolute atomic E-state index is 13.9. The molecule has 5 rings (SSSR count). The van der Waals surface area contributed by atoms with Gasteiger partial charge in [0.2, 0.25) is 11.8 Å². The number of rotatable bonds is 9. The lowest BCUT2D eigenvalue weighted by Crippen LogP contribution is -2.54. The molecule has 2 aromatic rings. The van der Waals surface area contributed by atoms with Gasteiger partial charge in [-0.1, -0.05) is 46.3 Å². The van der Waals surface area contributed by atoms with Crippen LogP contribution in [0.3, 0.4) is 0 Å². The molecule has 3 heterocycles. The molecule has 36 heavy (non-hydrogen) atoms. The van der Waals surface area contributed by atoms with E-state index in [2.05, 4.69) is 21.2 Å². The van der Waals surface area contributed by atoms with Crippen molar-refractivity contribution in [3.63, 3.8) is 0 Å².